The van der Waals surface area contributed by atoms with E-state index in [2.05, 4.69) is 50.5 Å². The summed E-state index contributed by atoms with van der Waals surface area (Å²) in [5.41, 5.74) is 4.01. The van der Waals surface area contributed by atoms with Crippen LogP contribution in [0.3, 0.4) is 0 Å². The van der Waals surface area contributed by atoms with Gasteiger partial charge >= 0.3 is 0 Å². The predicted molar refractivity (Wildman–Crippen MR) is 145 cm³/mol. The second kappa shape index (κ2) is 13.4. The van der Waals surface area contributed by atoms with Gasteiger partial charge in [-0.2, -0.15) is 0 Å². The van der Waals surface area contributed by atoms with Crippen molar-refractivity contribution in [2.75, 3.05) is 0 Å². The summed E-state index contributed by atoms with van der Waals surface area (Å²) < 4.78 is 0. The third kappa shape index (κ3) is 7.15. The first kappa shape index (κ1) is 25.4. The van der Waals surface area contributed by atoms with Gasteiger partial charge in [0.15, 0.2) is 5.82 Å². The van der Waals surface area contributed by atoms with Crippen molar-refractivity contribution < 1.29 is 0 Å². The van der Waals surface area contributed by atoms with Crippen molar-refractivity contribution in [1.82, 2.24) is 9.97 Å². The highest BCUT2D eigenvalue weighted by molar-refractivity contribution is 5.55. The molecule has 2 aromatic rings. The second-order valence-electron chi connectivity index (χ2n) is 11.4. The van der Waals surface area contributed by atoms with Crippen LogP contribution in [0, 0.1) is 11.8 Å². The Morgan fingerprint density at radius 3 is 1.79 bits per heavy atom. The highest BCUT2D eigenvalue weighted by Gasteiger charge is 2.23. The van der Waals surface area contributed by atoms with Crippen molar-refractivity contribution in [3.8, 4) is 11.4 Å². The van der Waals surface area contributed by atoms with E-state index in [0.717, 1.165) is 29.1 Å². The third-order valence-electron chi connectivity index (χ3n) is 9.02. The van der Waals surface area contributed by atoms with Gasteiger partial charge in [-0.1, -0.05) is 89.5 Å². The minimum atomic E-state index is 0.662. The van der Waals surface area contributed by atoms with Crippen molar-refractivity contribution in [2.24, 2.45) is 11.8 Å². The van der Waals surface area contributed by atoms with E-state index in [1.54, 1.807) is 0 Å². The molecule has 2 nitrogen and oxygen atoms in total. The summed E-state index contributed by atoms with van der Waals surface area (Å²) in [4.78, 5) is 9.56. The van der Waals surface area contributed by atoms with Crippen molar-refractivity contribution in [1.29, 1.82) is 0 Å². The molecule has 0 amide bonds. The van der Waals surface area contributed by atoms with E-state index in [9.17, 15) is 0 Å². The Balaban J connectivity index is 1.22. The molecule has 1 aromatic heterocycles. The van der Waals surface area contributed by atoms with Crippen LogP contribution in [0.15, 0.2) is 36.7 Å². The Labute approximate surface area is 209 Å². The maximum Gasteiger partial charge on any atom is 0.159 e. The van der Waals surface area contributed by atoms with Gasteiger partial charge < -0.3 is 0 Å². The zero-order valence-electron chi connectivity index (χ0n) is 22.0. The van der Waals surface area contributed by atoms with Crippen LogP contribution in [0.25, 0.3) is 11.4 Å². The lowest BCUT2D eigenvalue weighted by Gasteiger charge is -2.28. The van der Waals surface area contributed by atoms with Crippen LogP contribution in [0.4, 0.5) is 0 Å². The zero-order valence-corrected chi connectivity index (χ0v) is 22.0. The van der Waals surface area contributed by atoms with Crippen molar-refractivity contribution in [3.63, 3.8) is 0 Å². The van der Waals surface area contributed by atoms with Crippen LogP contribution >= 0.6 is 0 Å². The number of nitrogens with zero attached hydrogens (tertiary/aromatic N) is 2. The molecule has 1 heterocycles. The first-order chi connectivity index (χ1) is 16.8. The zero-order chi connectivity index (χ0) is 23.6. The molecule has 0 spiro atoms. The highest BCUT2D eigenvalue weighted by Crippen LogP contribution is 2.39. The standard InChI is InChI=1S/C32H48N2/c1-3-5-6-7-8-9-10-26-13-17-29(18-14-26)31-23-33-32(34-24-31)30-21-19-28(20-22-30)27-15-11-25(4-2)12-16-27/h19-27,29H,3-18H2,1-2H3. The van der Waals surface area contributed by atoms with Crippen LogP contribution in [0.2, 0.25) is 0 Å². The van der Waals surface area contributed by atoms with E-state index < -0.39 is 0 Å². The third-order valence-corrected chi connectivity index (χ3v) is 9.02. The van der Waals surface area contributed by atoms with E-state index in [1.807, 2.05) is 0 Å². The van der Waals surface area contributed by atoms with Gasteiger partial charge in [0.2, 0.25) is 0 Å². The number of rotatable bonds is 11. The molecule has 2 saturated carbocycles. The monoisotopic (exact) mass is 460 g/mol. The summed E-state index contributed by atoms with van der Waals surface area (Å²) >= 11 is 0. The first-order valence-electron chi connectivity index (χ1n) is 14.7. The Hall–Kier alpha value is -1.70. The van der Waals surface area contributed by atoms with Gasteiger partial charge in [-0.05, 0) is 86.2 Å². The molecule has 0 saturated heterocycles. The smallest absolute Gasteiger partial charge is 0.159 e. The fraction of sp³-hybridized carbons (Fsp3) is 0.688. The summed E-state index contributed by atoms with van der Waals surface area (Å²) in [6.07, 6.45) is 26.5. The molecule has 2 aliphatic rings. The van der Waals surface area contributed by atoms with Gasteiger partial charge in [0, 0.05) is 18.0 Å². The van der Waals surface area contributed by atoms with Gasteiger partial charge in [0.05, 0.1) is 0 Å². The van der Waals surface area contributed by atoms with Gasteiger partial charge in [-0.25, -0.2) is 9.97 Å². The highest BCUT2D eigenvalue weighted by atomic mass is 14.9. The number of benzene rings is 1. The van der Waals surface area contributed by atoms with Crippen LogP contribution in [-0.2, 0) is 0 Å². The van der Waals surface area contributed by atoms with Crippen LogP contribution < -0.4 is 0 Å². The Morgan fingerprint density at radius 1 is 0.618 bits per heavy atom. The van der Waals surface area contributed by atoms with Gasteiger partial charge in [0.25, 0.3) is 0 Å². The normalized spacial score (nSPS) is 25.4. The lowest BCUT2D eigenvalue weighted by molar-refractivity contribution is 0.301. The number of hydrogen-bond acceptors (Lipinski definition) is 2. The maximum atomic E-state index is 4.78. The molecule has 0 atom stereocenters. The molecular weight excluding hydrogens is 412 g/mol. The van der Waals surface area contributed by atoms with Crippen molar-refractivity contribution >= 4 is 0 Å². The largest absolute Gasteiger partial charge is 0.236 e. The molecule has 0 N–H and O–H groups in total. The molecule has 4 rings (SSSR count). The quantitative estimate of drug-likeness (QED) is 0.312. The molecule has 0 unspecified atom stereocenters. The fourth-order valence-corrected chi connectivity index (χ4v) is 6.50. The summed E-state index contributed by atoms with van der Waals surface area (Å²) in [7, 11) is 0. The minimum Gasteiger partial charge on any atom is -0.236 e. The number of unbranched alkanes of at least 4 members (excludes halogenated alkanes) is 5. The van der Waals surface area contributed by atoms with Gasteiger partial charge in [-0.15, -0.1) is 0 Å². The molecule has 0 bridgehead atoms. The second-order valence-corrected chi connectivity index (χ2v) is 11.4. The fourth-order valence-electron chi connectivity index (χ4n) is 6.50. The lowest BCUT2D eigenvalue weighted by atomic mass is 9.77. The van der Waals surface area contributed by atoms with E-state index in [0.29, 0.717) is 5.92 Å². The summed E-state index contributed by atoms with van der Waals surface area (Å²) in [5, 5.41) is 0. The molecule has 0 radical (unpaired) electrons. The molecule has 2 aliphatic carbocycles. The van der Waals surface area contributed by atoms with E-state index in [4.69, 9.17) is 9.97 Å². The number of hydrogen-bond donors (Lipinski definition) is 0. The van der Waals surface area contributed by atoms with E-state index >= 15 is 0 Å². The molecule has 2 heteroatoms. The maximum absolute atomic E-state index is 4.78. The topological polar surface area (TPSA) is 25.8 Å². The Morgan fingerprint density at radius 2 is 1.18 bits per heavy atom. The SMILES string of the molecule is CCCCCCCCC1CCC(c2cnc(-c3ccc(C4CCC(CC)CC4)cc3)nc2)CC1. The number of aromatic nitrogens is 2. The van der Waals surface area contributed by atoms with Crippen molar-refractivity contribution in [2.45, 2.75) is 128 Å². The van der Waals surface area contributed by atoms with Gasteiger partial charge in [0.1, 0.15) is 0 Å². The molecular formula is C32H48N2. The first-order valence-corrected chi connectivity index (χ1v) is 14.7. The van der Waals surface area contributed by atoms with Crippen LogP contribution in [0.5, 0.6) is 0 Å². The molecule has 1 aromatic carbocycles. The molecule has 186 valence electrons. The minimum absolute atomic E-state index is 0.662. The van der Waals surface area contributed by atoms with E-state index in [-0.39, 0.29) is 0 Å². The Bertz CT molecular complexity index is 809. The summed E-state index contributed by atoms with van der Waals surface area (Å²) in [6, 6.07) is 9.14. The van der Waals surface area contributed by atoms with Crippen molar-refractivity contribution in [3.05, 3.63) is 47.8 Å². The van der Waals surface area contributed by atoms with E-state index in [1.165, 1.54) is 114 Å². The summed E-state index contributed by atoms with van der Waals surface area (Å²) in [6.45, 7) is 4.64. The molecule has 34 heavy (non-hydrogen) atoms. The average Bonchev–Trinajstić information content (AvgIpc) is 2.91. The lowest BCUT2D eigenvalue weighted by Crippen LogP contribution is -2.14. The molecule has 2 fully saturated rings. The van der Waals surface area contributed by atoms with Crippen LogP contribution in [-0.4, -0.2) is 9.97 Å². The van der Waals surface area contributed by atoms with Crippen LogP contribution in [0.1, 0.15) is 140 Å². The Kier molecular flexibility index (Phi) is 10.0. The predicted octanol–water partition coefficient (Wildman–Crippen LogP) is 9.85. The summed E-state index contributed by atoms with van der Waals surface area (Å²) in [5.74, 6) is 4.20. The molecule has 0 aliphatic heterocycles. The van der Waals surface area contributed by atoms with Gasteiger partial charge in [-0.3, -0.25) is 0 Å². The average molecular weight is 461 g/mol.